The summed E-state index contributed by atoms with van der Waals surface area (Å²) in [6.45, 7) is 0.0523. The lowest BCUT2D eigenvalue weighted by Gasteiger charge is -2.03. The van der Waals surface area contributed by atoms with Crippen LogP contribution in [0.1, 0.15) is 16.3 Å². The molecule has 0 saturated heterocycles. The van der Waals surface area contributed by atoms with Crippen LogP contribution in [-0.2, 0) is 6.61 Å². The second-order valence-corrected chi connectivity index (χ2v) is 3.32. The largest absolute Gasteiger partial charge is 0.486 e. The zero-order valence-electron chi connectivity index (χ0n) is 8.72. The minimum absolute atomic E-state index is 0.0523. The van der Waals surface area contributed by atoms with Crippen molar-refractivity contribution in [3.05, 3.63) is 53.7 Å². The van der Waals surface area contributed by atoms with Crippen molar-refractivity contribution in [1.82, 2.24) is 0 Å². The highest BCUT2D eigenvalue weighted by molar-refractivity contribution is 5.84. The number of carbonyl (C=O) groups is 1. The van der Waals surface area contributed by atoms with Crippen LogP contribution in [0.4, 0.5) is 4.39 Å². The molecule has 0 bridgehead atoms. The summed E-state index contributed by atoms with van der Waals surface area (Å²) in [5, 5.41) is 8.64. The fourth-order valence-electron chi connectivity index (χ4n) is 1.28. The topological polar surface area (TPSA) is 59.7 Å². The average molecular weight is 236 g/mol. The van der Waals surface area contributed by atoms with E-state index >= 15 is 0 Å². The van der Waals surface area contributed by atoms with Crippen LogP contribution in [0.15, 0.2) is 40.8 Å². The van der Waals surface area contributed by atoms with Gasteiger partial charge in [-0.15, -0.1) is 0 Å². The van der Waals surface area contributed by atoms with E-state index in [1.165, 1.54) is 30.3 Å². The first-order valence-electron chi connectivity index (χ1n) is 4.85. The molecule has 2 rings (SSSR count). The predicted molar refractivity (Wildman–Crippen MR) is 56.4 cm³/mol. The van der Waals surface area contributed by atoms with Crippen LogP contribution in [0.2, 0.25) is 0 Å². The van der Waals surface area contributed by atoms with Gasteiger partial charge in [-0.25, -0.2) is 9.18 Å². The molecular weight excluding hydrogens is 227 g/mol. The predicted octanol–water partition coefficient (Wildman–Crippen LogP) is 2.70. The van der Waals surface area contributed by atoms with Gasteiger partial charge in [-0.2, -0.15) is 0 Å². The van der Waals surface area contributed by atoms with Crippen LogP contribution in [0, 0.1) is 5.82 Å². The first-order valence-corrected chi connectivity index (χ1v) is 4.85. The van der Waals surface area contributed by atoms with Gasteiger partial charge in [0, 0.05) is 6.07 Å². The van der Waals surface area contributed by atoms with Gasteiger partial charge in [-0.05, 0) is 24.3 Å². The summed E-state index contributed by atoms with van der Waals surface area (Å²) in [7, 11) is 0. The summed E-state index contributed by atoms with van der Waals surface area (Å²) in [6, 6.07) is 8.51. The summed E-state index contributed by atoms with van der Waals surface area (Å²) in [5.74, 6) is -0.956. The molecule has 4 nitrogen and oxygen atoms in total. The third-order valence-corrected chi connectivity index (χ3v) is 2.05. The lowest BCUT2D eigenvalue weighted by Crippen LogP contribution is -1.95. The summed E-state index contributed by atoms with van der Waals surface area (Å²) >= 11 is 0. The molecule has 17 heavy (non-hydrogen) atoms. The molecule has 0 atom stereocenters. The third-order valence-electron chi connectivity index (χ3n) is 2.05. The smallest absolute Gasteiger partial charge is 0.371 e. The molecule has 1 aromatic carbocycles. The molecule has 5 heteroatoms. The van der Waals surface area contributed by atoms with Gasteiger partial charge in [0.2, 0.25) is 5.76 Å². The summed E-state index contributed by atoms with van der Waals surface area (Å²) in [6.07, 6.45) is 0. The molecule has 0 aliphatic carbocycles. The Bertz CT molecular complexity index is 533. The Morgan fingerprint density at radius 3 is 2.82 bits per heavy atom. The van der Waals surface area contributed by atoms with E-state index in [-0.39, 0.29) is 12.4 Å². The van der Waals surface area contributed by atoms with E-state index in [0.29, 0.717) is 11.5 Å². The monoisotopic (exact) mass is 236 g/mol. The van der Waals surface area contributed by atoms with E-state index in [1.807, 2.05) is 0 Å². The van der Waals surface area contributed by atoms with Crippen molar-refractivity contribution in [3.8, 4) is 5.75 Å². The standard InChI is InChI=1S/C12H9FO4/c13-8-2-1-3-9(6-8)16-7-10-4-5-11(17-10)12(14)15/h1-6H,7H2,(H,14,15). The lowest BCUT2D eigenvalue weighted by molar-refractivity contribution is 0.0658. The molecule has 0 radical (unpaired) electrons. The van der Waals surface area contributed by atoms with Gasteiger partial charge in [0.05, 0.1) is 0 Å². The molecule has 0 aliphatic heterocycles. The van der Waals surface area contributed by atoms with E-state index in [4.69, 9.17) is 14.3 Å². The van der Waals surface area contributed by atoms with Crippen molar-refractivity contribution in [1.29, 1.82) is 0 Å². The molecule has 0 spiro atoms. The number of carboxylic acids is 1. The summed E-state index contributed by atoms with van der Waals surface area (Å²) < 4.78 is 23.0. The van der Waals surface area contributed by atoms with E-state index in [9.17, 15) is 9.18 Å². The summed E-state index contributed by atoms with van der Waals surface area (Å²) in [4.78, 5) is 10.5. The van der Waals surface area contributed by atoms with Crippen molar-refractivity contribution >= 4 is 5.97 Å². The maximum atomic E-state index is 12.8. The van der Waals surface area contributed by atoms with Crippen LogP contribution >= 0.6 is 0 Å². The molecule has 2 aromatic rings. The van der Waals surface area contributed by atoms with Crippen LogP contribution < -0.4 is 4.74 Å². The van der Waals surface area contributed by atoms with E-state index in [1.54, 1.807) is 6.07 Å². The second-order valence-electron chi connectivity index (χ2n) is 3.32. The number of aromatic carboxylic acids is 1. The molecule has 0 saturated carbocycles. The maximum Gasteiger partial charge on any atom is 0.371 e. The van der Waals surface area contributed by atoms with Crippen molar-refractivity contribution in [2.75, 3.05) is 0 Å². The molecule has 0 fully saturated rings. The quantitative estimate of drug-likeness (QED) is 0.886. The van der Waals surface area contributed by atoms with Crippen LogP contribution in [0.5, 0.6) is 5.75 Å². The SMILES string of the molecule is O=C(O)c1ccc(COc2cccc(F)c2)o1. The van der Waals surface area contributed by atoms with Crippen molar-refractivity contribution in [3.63, 3.8) is 0 Å². The number of rotatable bonds is 4. The first kappa shape index (κ1) is 11.2. The molecule has 0 unspecified atom stereocenters. The number of carboxylic acid groups (broad SMARTS) is 1. The fourth-order valence-corrected chi connectivity index (χ4v) is 1.28. The van der Waals surface area contributed by atoms with Crippen molar-refractivity contribution < 1.29 is 23.4 Å². The first-order chi connectivity index (χ1) is 8.15. The lowest BCUT2D eigenvalue weighted by atomic mass is 10.3. The highest BCUT2D eigenvalue weighted by atomic mass is 19.1. The Balaban J connectivity index is 2.00. The van der Waals surface area contributed by atoms with E-state index < -0.39 is 11.8 Å². The molecule has 88 valence electrons. The van der Waals surface area contributed by atoms with Crippen LogP contribution in [-0.4, -0.2) is 11.1 Å². The number of ether oxygens (including phenoxy) is 1. The third kappa shape index (κ3) is 2.84. The Kier molecular flexibility index (Phi) is 3.09. The van der Waals surface area contributed by atoms with Crippen molar-refractivity contribution in [2.24, 2.45) is 0 Å². The highest BCUT2D eigenvalue weighted by Crippen LogP contribution is 2.15. The normalized spacial score (nSPS) is 10.2. The van der Waals surface area contributed by atoms with Gasteiger partial charge < -0.3 is 14.3 Å². The Morgan fingerprint density at radius 1 is 1.35 bits per heavy atom. The van der Waals surface area contributed by atoms with Gasteiger partial charge in [0.25, 0.3) is 0 Å². The number of hydrogen-bond donors (Lipinski definition) is 1. The van der Waals surface area contributed by atoms with Gasteiger partial charge in [0.1, 0.15) is 23.9 Å². The van der Waals surface area contributed by atoms with Crippen LogP contribution in [0.3, 0.4) is 0 Å². The average Bonchev–Trinajstić information content (AvgIpc) is 2.75. The maximum absolute atomic E-state index is 12.8. The fraction of sp³-hybridized carbons (Fsp3) is 0.0833. The van der Waals surface area contributed by atoms with Gasteiger partial charge >= 0.3 is 5.97 Å². The molecule has 0 amide bonds. The zero-order valence-corrected chi connectivity index (χ0v) is 8.72. The molecule has 1 heterocycles. The van der Waals surface area contributed by atoms with E-state index in [0.717, 1.165) is 0 Å². The van der Waals surface area contributed by atoms with Crippen molar-refractivity contribution in [2.45, 2.75) is 6.61 Å². The van der Waals surface area contributed by atoms with E-state index in [2.05, 4.69) is 0 Å². The minimum atomic E-state index is -1.14. The Hall–Kier alpha value is -2.30. The molecular formula is C12H9FO4. The second kappa shape index (κ2) is 4.69. The van der Waals surface area contributed by atoms with Gasteiger partial charge in [0.15, 0.2) is 0 Å². The number of benzene rings is 1. The minimum Gasteiger partial charge on any atom is -0.486 e. The number of halogens is 1. The Morgan fingerprint density at radius 2 is 2.18 bits per heavy atom. The van der Waals surface area contributed by atoms with Gasteiger partial charge in [-0.3, -0.25) is 0 Å². The number of furan rings is 1. The van der Waals surface area contributed by atoms with Crippen LogP contribution in [0.25, 0.3) is 0 Å². The highest BCUT2D eigenvalue weighted by Gasteiger charge is 2.09. The zero-order chi connectivity index (χ0) is 12.3. The Labute approximate surface area is 96.2 Å². The molecule has 1 N–H and O–H groups in total. The number of hydrogen-bond acceptors (Lipinski definition) is 3. The molecule has 1 aromatic heterocycles. The molecule has 0 aliphatic rings. The van der Waals surface area contributed by atoms with Gasteiger partial charge in [-0.1, -0.05) is 6.07 Å². The summed E-state index contributed by atoms with van der Waals surface area (Å²) in [5.41, 5.74) is 0.